The average molecular weight is 299 g/mol. The maximum Gasteiger partial charge on any atom is 0.152 e. The van der Waals surface area contributed by atoms with Crippen LogP contribution in [0.25, 0.3) is 5.69 Å². The van der Waals surface area contributed by atoms with Crippen molar-refractivity contribution in [1.29, 1.82) is 0 Å². The normalized spacial score (nSPS) is 12.1. The van der Waals surface area contributed by atoms with Crippen LogP contribution in [0.3, 0.4) is 0 Å². The first kappa shape index (κ1) is 13.6. The van der Waals surface area contributed by atoms with Crippen molar-refractivity contribution in [2.45, 2.75) is 13.0 Å². The van der Waals surface area contributed by atoms with E-state index in [0.717, 1.165) is 16.9 Å². The molecule has 0 saturated carbocycles. The minimum atomic E-state index is 0.0872. The molecule has 3 aromatic rings. The molecule has 21 heavy (non-hydrogen) atoms. The van der Waals surface area contributed by atoms with Gasteiger partial charge in [-0.25, -0.2) is 9.67 Å². The highest BCUT2D eigenvalue weighted by molar-refractivity contribution is 6.31. The number of pyridine rings is 1. The lowest BCUT2D eigenvalue weighted by Gasteiger charge is -2.14. The van der Waals surface area contributed by atoms with E-state index in [1.807, 2.05) is 59.5 Å². The molecule has 1 aromatic carbocycles. The molecular weight excluding hydrogens is 284 g/mol. The zero-order valence-corrected chi connectivity index (χ0v) is 12.3. The van der Waals surface area contributed by atoms with Gasteiger partial charge in [-0.3, -0.25) is 0 Å². The van der Waals surface area contributed by atoms with E-state index < -0.39 is 0 Å². The molecule has 0 spiro atoms. The lowest BCUT2D eigenvalue weighted by Crippen LogP contribution is -2.06. The van der Waals surface area contributed by atoms with Gasteiger partial charge in [0.15, 0.2) is 5.15 Å². The first-order chi connectivity index (χ1) is 10.2. The molecule has 2 aromatic heterocycles. The lowest BCUT2D eigenvalue weighted by atomic mass is 10.2. The van der Waals surface area contributed by atoms with Crippen LogP contribution in [0.15, 0.2) is 61.1 Å². The van der Waals surface area contributed by atoms with Crippen molar-refractivity contribution in [3.05, 3.63) is 71.8 Å². The Hall–Kier alpha value is -2.33. The number of aromatic nitrogens is 3. The molecule has 1 atom stereocenters. The van der Waals surface area contributed by atoms with Crippen LogP contribution >= 0.6 is 11.6 Å². The predicted molar refractivity (Wildman–Crippen MR) is 84.8 cm³/mol. The summed E-state index contributed by atoms with van der Waals surface area (Å²) in [6.45, 7) is 2.07. The summed E-state index contributed by atoms with van der Waals surface area (Å²) in [6, 6.07) is 13.9. The second-order valence-corrected chi connectivity index (χ2v) is 5.12. The highest BCUT2D eigenvalue weighted by atomic mass is 35.5. The predicted octanol–water partition coefficient (Wildman–Crippen LogP) is 4.09. The number of nitrogens with zero attached hydrogens (tertiary/aromatic N) is 3. The van der Waals surface area contributed by atoms with Crippen LogP contribution < -0.4 is 5.32 Å². The Morgan fingerprint density at radius 1 is 1.14 bits per heavy atom. The zero-order chi connectivity index (χ0) is 14.7. The van der Waals surface area contributed by atoms with Gasteiger partial charge in [-0.05, 0) is 31.2 Å². The molecule has 0 saturated heterocycles. The van der Waals surface area contributed by atoms with E-state index in [2.05, 4.69) is 22.3 Å². The molecule has 5 heteroatoms. The summed E-state index contributed by atoms with van der Waals surface area (Å²) in [6.07, 6.45) is 5.54. The number of hydrogen-bond donors (Lipinski definition) is 1. The third kappa shape index (κ3) is 3.06. The van der Waals surface area contributed by atoms with Crippen molar-refractivity contribution in [3.63, 3.8) is 0 Å². The summed E-state index contributed by atoms with van der Waals surface area (Å²) in [7, 11) is 0. The van der Waals surface area contributed by atoms with Gasteiger partial charge in [-0.15, -0.1) is 0 Å². The number of nitrogens with one attached hydrogen (secondary N) is 1. The van der Waals surface area contributed by atoms with E-state index in [0.29, 0.717) is 5.15 Å². The lowest BCUT2D eigenvalue weighted by molar-refractivity contribution is 0.868. The van der Waals surface area contributed by atoms with Crippen molar-refractivity contribution >= 4 is 17.3 Å². The third-order valence-electron chi connectivity index (χ3n) is 3.25. The molecule has 1 N–H and O–H groups in total. The summed E-state index contributed by atoms with van der Waals surface area (Å²) in [5.74, 6) is 0. The van der Waals surface area contributed by atoms with Gasteiger partial charge in [0.25, 0.3) is 0 Å². The number of benzene rings is 1. The van der Waals surface area contributed by atoms with Crippen LogP contribution in [0.4, 0.5) is 5.69 Å². The Kier molecular flexibility index (Phi) is 3.88. The van der Waals surface area contributed by atoms with Gasteiger partial charge in [-0.1, -0.05) is 29.8 Å². The molecular formula is C16H15ClN4. The van der Waals surface area contributed by atoms with Gasteiger partial charge in [0.05, 0.1) is 23.6 Å². The molecule has 0 radical (unpaired) electrons. The molecule has 0 amide bonds. The van der Waals surface area contributed by atoms with E-state index in [-0.39, 0.29) is 6.04 Å². The standard InChI is InChI=1S/C16H15ClN4/c1-12(20-15-8-5-9-18-16(15)17)13-10-19-21(11-13)14-6-3-2-4-7-14/h2-12,20H,1H3. The van der Waals surface area contributed by atoms with Crippen LogP contribution in [0.2, 0.25) is 5.15 Å². The minimum absolute atomic E-state index is 0.0872. The maximum absolute atomic E-state index is 6.06. The summed E-state index contributed by atoms with van der Waals surface area (Å²) in [5.41, 5.74) is 2.94. The molecule has 2 heterocycles. The van der Waals surface area contributed by atoms with Gasteiger partial charge in [0.1, 0.15) is 0 Å². The van der Waals surface area contributed by atoms with Crippen molar-refractivity contribution in [2.24, 2.45) is 0 Å². The summed E-state index contributed by atoms with van der Waals surface area (Å²) >= 11 is 6.06. The highest BCUT2D eigenvalue weighted by Gasteiger charge is 2.10. The minimum Gasteiger partial charge on any atom is -0.376 e. The Morgan fingerprint density at radius 3 is 2.71 bits per heavy atom. The van der Waals surface area contributed by atoms with Crippen molar-refractivity contribution < 1.29 is 0 Å². The SMILES string of the molecule is CC(Nc1cccnc1Cl)c1cnn(-c2ccccc2)c1. The number of halogens is 1. The number of anilines is 1. The van der Waals surface area contributed by atoms with Crippen LogP contribution in [0, 0.1) is 0 Å². The van der Waals surface area contributed by atoms with Gasteiger partial charge in [-0.2, -0.15) is 5.10 Å². The summed E-state index contributed by atoms with van der Waals surface area (Å²) in [5, 5.41) is 8.22. The van der Waals surface area contributed by atoms with Crippen molar-refractivity contribution in [1.82, 2.24) is 14.8 Å². The second kappa shape index (κ2) is 5.97. The molecule has 0 fully saturated rings. The van der Waals surface area contributed by atoms with Gasteiger partial charge in [0.2, 0.25) is 0 Å². The fraction of sp³-hybridized carbons (Fsp3) is 0.125. The fourth-order valence-corrected chi connectivity index (χ4v) is 2.27. The second-order valence-electron chi connectivity index (χ2n) is 4.76. The molecule has 3 rings (SSSR count). The van der Waals surface area contributed by atoms with Crippen molar-refractivity contribution in [3.8, 4) is 5.69 Å². The molecule has 0 bridgehead atoms. The molecule has 4 nitrogen and oxygen atoms in total. The largest absolute Gasteiger partial charge is 0.376 e. The van der Waals surface area contributed by atoms with Gasteiger partial charge >= 0.3 is 0 Å². The average Bonchev–Trinajstić information content (AvgIpc) is 3.00. The Labute approximate surface area is 128 Å². The molecule has 0 aliphatic heterocycles. The van der Waals surface area contributed by atoms with E-state index in [1.165, 1.54) is 0 Å². The van der Waals surface area contributed by atoms with E-state index >= 15 is 0 Å². The number of para-hydroxylation sites is 1. The first-order valence-corrected chi connectivity index (χ1v) is 7.09. The summed E-state index contributed by atoms with van der Waals surface area (Å²) in [4.78, 5) is 4.06. The van der Waals surface area contributed by atoms with E-state index in [9.17, 15) is 0 Å². The molecule has 0 aliphatic carbocycles. The maximum atomic E-state index is 6.06. The quantitative estimate of drug-likeness (QED) is 0.738. The van der Waals surface area contributed by atoms with E-state index in [4.69, 9.17) is 11.6 Å². The summed E-state index contributed by atoms with van der Waals surface area (Å²) < 4.78 is 1.86. The zero-order valence-electron chi connectivity index (χ0n) is 11.6. The fourth-order valence-electron chi connectivity index (χ4n) is 2.09. The molecule has 1 unspecified atom stereocenters. The van der Waals surface area contributed by atoms with E-state index in [1.54, 1.807) is 6.20 Å². The molecule has 106 valence electrons. The van der Waals surface area contributed by atoms with Crippen molar-refractivity contribution in [2.75, 3.05) is 5.32 Å². The van der Waals surface area contributed by atoms with Gasteiger partial charge < -0.3 is 5.32 Å². The number of rotatable bonds is 4. The number of hydrogen-bond acceptors (Lipinski definition) is 3. The monoisotopic (exact) mass is 298 g/mol. The Balaban J connectivity index is 1.79. The Bertz CT molecular complexity index is 724. The smallest absolute Gasteiger partial charge is 0.152 e. The van der Waals surface area contributed by atoms with Crippen LogP contribution in [-0.2, 0) is 0 Å². The first-order valence-electron chi connectivity index (χ1n) is 6.71. The van der Waals surface area contributed by atoms with Crippen LogP contribution in [0.1, 0.15) is 18.5 Å². The van der Waals surface area contributed by atoms with Gasteiger partial charge in [0, 0.05) is 18.0 Å². The Morgan fingerprint density at radius 2 is 1.95 bits per heavy atom. The molecule has 0 aliphatic rings. The highest BCUT2D eigenvalue weighted by Crippen LogP contribution is 2.24. The van der Waals surface area contributed by atoms with Crippen LogP contribution in [0.5, 0.6) is 0 Å². The van der Waals surface area contributed by atoms with Crippen LogP contribution in [-0.4, -0.2) is 14.8 Å². The topological polar surface area (TPSA) is 42.7 Å². The third-order valence-corrected chi connectivity index (χ3v) is 3.56.